The molecular formula is C26H28O6. The number of fused-ring (bicyclic) bond motifs is 2. The minimum Gasteiger partial charge on any atom is -0.493 e. The van der Waals surface area contributed by atoms with Crippen LogP contribution >= 0.6 is 0 Å². The molecule has 0 bridgehead atoms. The van der Waals surface area contributed by atoms with Crippen molar-refractivity contribution < 1.29 is 27.8 Å². The standard InChI is InChI=1S/C26H28O6/c1-15(18-8-16-9-21(27-4)23(29-6)12-19(16)31-18)14-26(2,3)25-11-17-10-22(28-5)24(30-7)13-20(17)32-25/h8-13H,1,14H2,2-7H3. The maximum Gasteiger partial charge on any atom is 0.164 e. The highest BCUT2D eigenvalue weighted by molar-refractivity contribution is 5.85. The van der Waals surface area contributed by atoms with E-state index in [0.717, 1.165) is 39.0 Å². The fraction of sp³-hybridized carbons (Fsp3) is 0.308. The predicted molar refractivity (Wildman–Crippen MR) is 125 cm³/mol. The van der Waals surface area contributed by atoms with E-state index in [1.165, 1.54) is 0 Å². The second kappa shape index (κ2) is 8.19. The minimum atomic E-state index is -0.315. The highest BCUT2D eigenvalue weighted by atomic mass is 16.5. The van der Waals surface area contributed by atoms with Crippen molar-refractivity contribution >= 4 is 27.5 Å². The molecule has 6 heteroatoms. The summed E-state index contributed by atoms with van der Waals surface area (Å²) in [5.41, 5.74) is 2.03. The summed E-state index contributed by atoms with van der Waals surface area (Å²) >= 11 is 0. The van der Waals surface area contributed by atoms with Crippen molar-refractivity contribution in [2.24, 2.45) is 0 Å². The van der Waals surface area contributed by atoms with Gasteiger partial charge in [0, 0.05) is 28.3 Å². The molecule has 0 unspecified atom stereocenters. The Balaban J connectivity index is 1.63. The van der Waals surface area contributed by atoms with Crippen LogP contribution in [0.3, 0.4) is 0 Å². The average Bonchev–Trinajstić information content (AvgIpc) is 3.40. The van der Waals surface area contributed by atoms with Gasteiger partial charge in [-0.05, 0) is 36.3 Å². The SMILES string of the molecule is C=C(CC(C)(C)c1cc2cc(OC)c(OC)cc2o1)c1cc2cc(OC)c(OC)cc2o1. The van der Waals surface area contributed by atoms with Gasteiger partial charge in [0.1, 0.15) is 22.7 Å². The number of benzene rings is 2. The molecule has 0 saturated carbocycles. The third kappa shape index (κ3) is 3.77. The molecule has 0 radical (unpaired) electrons. The van der Waals surface area contributed by atoms with Crippen LogP contribution in [-0.4, -0.2) is 28.4 Å². The minimum absolute atomic E-state index is 0.315. The first kappa shape index (κ1) is 21.7. The highest BCUT2D eigenvalue weighted by Gasteiger charge is 2.28. The van der Waals surface area contributed by atoms with Crippen LogP contribution in [0, 0.1) is 0 Å². The lowest BCUT2D eigenvalue weighted by Crippen LogP contribution is -2.16. The van der Waals surface area contributed by atoms with Gasteiger partial charge >= 0.3 is 0 Å². The molecule has 0 atom stereocenters. The summed E-state index contributed by atoms with van der Waals surface area (Å²) in [4.78, 5) is 0. The Morgan fingerprint density at radius 3 is 1.72 bits per heavy atom. The van der Waals surface area contributed by atoms with E-state index in [-0.39, 0.29) is 5.41 Å². The van der Waals surface area contributed by atoms with Crippen LogP contribution < -0.4 is 18.9 Å². The van der Waals surface area contributed by atoms with Gasteiger partial charge in [-0.2, -0.15) is 0 Å². The van der Waals surface area contributed by atoms with Crippen LogP contribution in [0.4, 0.5) is 0 Å². The number of furan rings is 2. The Labute approximate surface area is 187 Å². The molecule has 32 heavy (non-hydrogen) atoms. The topological polar surface area (TPSA) is 63.2 Å². The second-order valence-electron chi connectivity index (χ2n) is 8.38. The van der Waals surface area contributed by atoms with Crippen LogP contribution in [-0.2, 0) is 5.41 Å². The highest BCUT2D eigenvalue weighted by Crippen LogP contribution is 2.41. The number of ether oxygens (including phenoxy) is 4. The molecule has 4 aromatic rings. The molecular weight excluding hydrogens is 408 g/mol. The lowest BCUT2D eigenvalue weighted by molar-refractivity contribution is 0.354. The molecule has 4 rings (SSSR count). The summed E-state index contributed by atoms with van der Waals surface area (Å²) < 4.78 is 33.8. The van der Waals surface area contributed by atoms with E-state index in [0.29, 0.717) is 29.4 Å². The van der Waals surface area contributed by atoms with Gasteiger partial charge in [-0.1, -0.05) is 20.4 Å². The average molecular weight is 437 g/mol. The maximum absolute atomic E-state index is 6.19. The summed E-state index contributed by atoms with van der Waals surface area (Å²) in [6.07, 6.45) is 0.648. The molecule has 0 fully saturated rings. The largest absolute Gasteiger partial charge is 0.493 e. The van der Waals surface area contributed by atoms with Crippen LogP contribution in [0.25, 0.3) is 27.5 Å². The van der Waals surface area contributed by atoms with E-state index in [9.17, 15) is 0 Å². The molecule has 0 saturated heterocycles. The van der Waals surface area contributed by atoms with Gasteiger partial charge in [-0.15, -0.1) is 0 Å². The Morgan fingerprint density at radius 2 is 1.19 bits per heavy atom. The van der Waals surface area contributed by atoms with Gasteiger partial charge in [-0.25, -0.2) is 0 Å². The van der Waals surface area contributed by atoms with E-state index in [4.69, 9.17) is 27.8 Å². The van der Waals surface area contributed by atoms with Crippen molar-refractivity contribution in [1.82, 2.24) is 0 Å². The van der Waals surface area contributed by atoms with E-state index in [1.54, 1.807) is 28.4 Å². The fourth-order valence-electron chi connectivity index (χ4n) is 3.95. The maximum atomic E-state index is 6.19. The van der Waals surface area contributed by atoms with Crippen molar-refractivity contribution in [3.63, 3.8) is 0 Å². The van der Waals surface area contributed by atoms with Gasteiger partial charge in [0.05, 0.1) is 28.4 Å². The first-order valence-electron chi connectivity index (χ1n) is 10.3. The summed E-state index contributed by atoms with van der Waals surface area (Å²) in [6.45, 7) is 8.53. The Bertz CT molecular complexity index is 1210. The molecule has 0 aliphatic heterocycles. The first-order valence-corrected chi connectivity index (χ1v) is 10.3. The van der Waals surface area contributed by atoms with Crippen molar-refractivity contribution in [1.29, 1.82) is 0 Å². The molecule has 0 N–H and O–H groups in total. The van der Waals surface area contributed by atoms with E-state index in [2.05, 4.69) is 20.4 Å². The van der Waals surface area contributed by atoms with E-state index >= 15 is 0 Å². The van der Waals surface area contributed by atoms with Crippen LogP contribution in [0.1, 0.15) is 31.8 Å². The van der Waals surface area contributed by atoms with E-state index < -0.39 is 0 Å². The van der Waals surface area contributed by atoms with Gasteiger partial charge in [-0.3, -0.25) is 0 Å². The first-order chi connectivity index (χ1) is 15.3. The lowest BCUT2D eigenvalue weighted by atomic mass is 9.83. The normalized spacial score (nSPS) is 11.7. The van der Waals surface area contributed by atoms with Crippen LogP contribution in [0.5, 0.6) is 23.0 Å². The molecule has 2 heterocycles. The predicted octanol–water partition coefficient (Wildman–Crippen LogP) is 6.59. The monoisotopic (exact) mass is 436 g/mol. The lowest BCUT2D eigenvalue weighted by Gasteiger charge is -2.22. The number of hydrogen-bond acceptors (Lipinski definition) is 6. The Hall–Kier alpha value is -3.54. The quantitative estimate of drug-likeness (QED) is 0.310. The van der Waals surface area contributed by atoms with Gasteiger partial charge in [0.15, 0.2) is 23.0 Å². The van der Waals surface area contributed by atoms with Gasteiger partial charge in [0.25, 0.3) is 0 Å². The smallest absolute Gasteiger partial charge is 0.164 e. The van der Waals surface area contributed by atoms with Crippen LogP contribution in [0.15, 0.2) is 51.8 Å². The molecule has 0 spiro atoms. The summed E-state index contributed by atoms with van der Waals surface area (Å²) in [6, 6.07) is 11.5. The third-order valence-electron chi connectivity index (χ3n) is 5.72. The van der Waals surface area contributed by atoms with Gasteiger partial charge in [0.2, 0.25) is 0 Å². The third-order valence-corrected chi connectivity index (χ3v) is 5.72. The van der Waals surface area contributed by atoms with E-state index in [1.807, 2.05) is 36.4 Å². The second-order valence-corrected chi connectivity index (χ2v) is 8.38. The zero-order valence-corrected chi connectivity index (χ0v) is 19.3. The Morgan fingerprint density at radius 1 is 0.719 bits per heavy atom. The molecule has 0 amide bonds. The van der Waals surface area contributed by atoms with Crippen molar-refractivity contribution in [3.8, 4) is 23.0 Å². The molecule has 168 valence electrons. The molecule has 0 aliphatic rings. The fourth-order valence-corrected chi connectivity index (χ4v) is 3.95. The van der Waals surface area contributed by atoms with Crippen molar-refractivity contribution in [2.75, 3.05) is 28.4 Å². The number of allylic oxidation sites excluding steroid dienone is 1. The Kier molecular flexibility index (Phi) is 5.55. The number of rotatable bonds is 8. The molecule has 2 aromatic carbocycles. The number of hydrogen-bond donors (Lipinski definition) is 0. The summed E-state index contributed by atoms with van der Waals surface area (Å²) in [5.74, 6) is 4.16. The molecule has 0 aliphatic carbocycles. The number of methoxy groups -OCH3 is 4. The summed E-state index contributed by atoms with van der Waals surface area (Å²) in [7, 11) is 6.45. The zero-order chi connectivity index (χ0) is 23.0. The van der Waals surface area contributed by atoms with Gasteiger partial charge < -0.3 is 27.8 Å². The molecule has 2 aromatic heterocycles. The van der Waals surface area contributed by atoms with Crippen molar-refractivity contribution in [2.45, 2.75) is 25.7 Å². The molecule has 6 nitrogen and oxygen atoms in total. The summed E-state index contributed by atoms with van der Waals surface area (Å²) in [5, 5.41) is 1.89. The zero-order valence-electron chi connectivity index (χ0n) is 19.3. The van der Waals surface area contributed by atoms with Crippen LogP contribution in [0.2, 0.25) is 0 Å². The van der Waals surface area contributed by atoms with Crippen molar-refractivity contribution in [3.05, 3.63) is 54.5 Å².